The summed E-state index contributed by atoms with van der Waals surface area (Å²) in [4.78, 5) is 11.5. The molecule has 0 amide bonds. The molecule has 114 valence electrons. The highest BCUT2D eigenvalue weighted by Crippen LogP contribution is 2.23. The number of esters is 1. The van der Waals surface area contributed by atoms with Crippen LogP contribution in [0.4, 0.5) is 0 Å². The number of unbranched alkanes of at least 4 members (excludes halogenated alkanes) is 1. The molecule has 0 aliphatic rings. The molecule has 22 heavy (non-hydrogen) atoms. The summed E-state index contributed by atoms with van der Waals surface area (Å²) in [5, 5.41) is 0. The largest absolute Gasteiger partial charge is 0.423 e. The zero-order chi connectivity index (χ0) is 15.9. The van der Waals surface area contributed by atoms with Gasteiger partial charge >= 0.3 is 5.97 Å². The van der Waals surface area contributed by atoms with E-state index in [1.165, 1.54) is 18.4 Å². The van der Waals surface area contributed by atoms with Crippen molar-refractivity contribution in [3.05, 3.63) is 66.2 Å². The maximum Gasteiger partial charge on any atom is 0.338 e. The Morgan fingerprint density at radius 3 is 2.05 bits per heavy atom. The van der Waals surface area contributed by atoms with Gasteiger partial charge in [0.2, 0.25) is 0 Å². The Balaban J connectivity index is 2.06. The molecule has 0 fully saturated rings. The van der Waals surface area contributed by atoms with E-state index in [2.05, 4.69) is 37.8 Å². The van der Waals surface area contributed by atoms with E-state index in [1.807, 2.05) is 12.1 Å². The minimum Gasteiger partial charge on any atom is -0.423 e. The molecule has 0 saturated carbocycles. The van der Waals surface area contributed by atoms with Crippen molar-refractivity contribution in [3.63, 3.8) is 0 Å². The lowest BCUT2D eigenvalue weighted by molar-refractivity contribution is -0.130. The van der Waals surface area contributed by atoms with Crippen molar-refractivity contribution >= 4 is 5.97 Å². The second-order valence-electron chi connectivity index (χ2n) is 5.49. The Morgan fingerprint density at radius 2 is 1.55 bits per heavy atom. The van der Waals surface area contributed by atoms with Crippen molar-refractivity contribution in [2.45, 2.75) is 33.1 Å². The van der Waals surface area contributed by atoms with Crippen LogP contribution in [-0.4, -0.2) is 5.97 Å². The molecule has 0 N–H and O–H groups in total. The molecular weight excluding hydrogens is 272 g/mol. The van der Waals surface area contributed by atoms with Crippen LogP contribution in [0.5, 0.6) is 5.75 Å². The van der Waals surface area contributed by atoms with E-state index in [0.717, 1.165) is 17.5 Å². The van der Waals surface area contributed by atoms with Crippen LogP contribution in [0.2, 0.25) is 0 Å². The molecule has 2 heteroatoms. The van der Waals surface area contributed by atoms with Gasteiger partial charge in [-0.1, -0.05) is 56.3 Å². The number of aryl methyl sites for hydroxylation is 1. The van der Waals surface area contributed by atoms with Gasteiger partial charge in [0.1, 0.15) is 5.75 Å². The van der Waals surface area contributed by atoms with Gasteiger partial charge in [-0.05, 0) is 48.6 Å². The number of carbonyl (C=O) groups excluding carboxylic acids is 1. The summed E-state index contributed by atoms with van der Waals surface area (Å²) in [6.45, 7) is 7.41. The van der Waals surface area contributed by atoms with Crippen LogP contribution in [0.1, 0.15) is 32.3 Å². The summed E-state index contributed by atoms with van der Waals surface area (Å²) in [6.07, 6.45) is 3.57. The SMILES string of the molecule is C=C(C)C(=O)Oc1ccc(-c2ccc(CCCC)cc2)cc1. The molecular formula is C20H22O2. The van der Waals surface area contributed by atoms with Gasteiger partial charge < -0.3 is 4.74 Å². The quantitative estimate of drug-likeness (QED) is 0.417. The standard InChI is InChI=1S/C20H22O2/c1-4-5-6-16-7-9-17(10-8-16)18-11-13-19(14-12-18)22-20(21)15(2)3/h7-14H,2,4-6H2,1,3H3. The lowest BCUT2D eigenvalue weighted by atomic mass is 10.0. The molecule has 0 saturated heterocycles. The minimum absolute atomic E-state index is 0.395. The summed E-state index contributed by atoms with van der Waals surface area (Å²) >= 11 is 0. The average Bonchev–Trinajstić information content (AvgIpc) is 2.54. The fourth-order valence-corrected chi connectivity index (χ4v) is 2.15. The second-order valence-corrected chi connectivity index (χ2v) is 5.49. The van der Waals surface area contributed by atoms with Gasteiger partial charge in [0.15, 0.2) is 0 Å². The number of hydrogen-bond donors (Lipinski definition) is 0. The molecule has 0 unspecified atom stereocenters. The zero-order valence-electron chi connectivity index (χ0n) is 13.3. The highest BCUT2D eigenvalue weighted by molar-refractivity contribution is 5.88. The second kappa shape index (κ2) is 7.60. The number of carbonyl (C=O) groups is 1. The van der Waals surface area contributed by atoms with E-state index < -0.39 is 5.97 Å². The Hall–Kier alpha value is -2.35. The minimum atomic E-state index is -0.395. The average molecular weight is 294 g/mol. The van der Waals surface area contributed by atoms with Crippen LogP contribution in [0.25, 0.3) is 11.1 Å². The van der Waals surface area contributed by atoms with E-state index in [-0.39, 0.29) is 0 Å². The Morgan fingerprint density at radius 1 is 1.00 bits per heavy atom. The summed E-state index contributed by atoms with van der Waals surface area (Å²) in [6, 6.07) is 16.2. The predicted molar refractivity (Wildman–Crippen MR) is 90.9 cm³/mol. The van der Waals surface area contributed by atoms with Crippen LogP contribution in [-0.2, 0) is 11.2 Å². The van der Waals surface area contributed by atoms with Gasteiger partial charge in [-0.3, -0.25) is 0 Å². The van der Waals surface area contributed by atoms with Crippen molar-refractivity contribution < 1.29 is 9.53 Å². The molecule has 0 bridgehead atoms. The first kappa shape index (κ1) is 16.0. The number of hydrogen-bond acceptors (Lipinski definition) is 2. The van der Waals surface area contributed by atoms with E-state index in [9.17, 15) is 4.79 Å². The van der Waals surface area contributed by atoms with Gasteiger partial charge in [-0.15, -0.1) is 0 Å². The molecule has 0 aliphatic carbocycles. The molecule has 2 rings (SSSR count). The number of rotatable bonds is 6. The fraction of sp³-hybridized carbons (Fsp3) is 0.250. The van der Waals surface area contributed by atoms with Crippen LogP contribution in [0.15, 0.2) is 60.7 Å². The maximum absolute atomic E-state index is 11.5. The van der Waals surface area contributed by atoms with Crippen molar-refractivity contribution in [3.8, 4) is 16.9 Å². The lowest BCUT2D eigenvalue weighted by Crippen LogP contribution is -2.07. The summed E-state index contributed by atoms with van der Waals surface area (Å²) in [5.41, 5.74) is 4.04. The normalized spacial score (nSPS) is 10.3. The predicted octanol–water partition coefficient (Wildman–Crippen LogP) is 5.18. The first-order valence-electron chi connectivity index (χ1n) is 7.67. The van der Waals surface area contributed by atoms with Gasteiger partial charge in [0.25, 0.3) is 0 Å². The van der Waals surface area contributed by atoms with Gasteiger partial charge in [-0.2, -0.15) is 0 Å². The van der Waals surface area contributed by atoms with Crippen molar-refractivity contribution in [1.82, 2.24) is 0 Å². The van der Waals surface area contributed by atoms with E-state index in [0.29, 0.717) is 11.3 Å². The third kappa shape index (κ3) is 4.32. The fourth-order valence-electron chi connectivity index (χ4n) is 2.15. The molecule has 2 nitrogen and oxygen atoms in total. The topological polar surface area (TPSA) is 26.3 Å². The van der Waals surface area contributed by atoms with Crippen LogP contribution in [0, 0.1) is 0 Å². The smallest absolute Gasteiger partial charge is 0.338 e. The molecule has 0 radical (unpaired) electrons. The summed E-state index contributed by atoms with van der Waals surface area (Å²) in [5.74, 6) is 0.143. The molecule has 0 spiro atoms. The molecule has 0 aliphatic heterocycles. The Kier molecular flexibility index (Phi) is 5.54. The van der Waals surface area contributed by atoms with Crippen LogP contribution >= 0.6 is 0 Å². The first-order valence-corrected chi connectivity index (χ1v) is 7.67. The molecule has 0 heterocycles. The highest BCUT2D eigenvalue weighted by Gasteiger charge is 2.05. The van der Waals surface area contributed by atoms with Crippen LogP contribution in [0.3, 0.4) is 0 Å². The van der Waals surface area contributed by atoms with Crippen LogP contribution < -0.4 is 4.74 Å². The van der Waals surface area contributed by atoms with Crippen molar-refractivity contribution in [2.24, 2.45) is 0 Å². The van der Waals surface area contributed by atoms with Crippen molar-refractivity contribution in [1.29, 1.82) is 0 Å². The zero-order valence-corrected chi connectivity index (χ0v) is 13.3. The number of benzene rings is 2. The van der Waals surface area contributed by atoms with Crippen molar-refractivity contribution in [2.75, 3.05) is 0 Å². The van der Waals surface area contributed by atoms with E-state index >= 15 is 0 Å². The Bertz CT molecular complexity index is 636. The third-order valence-electron chi connectivity index (χ3n) is 3.52. The summed E-state index contributed by atoms with van der Waals surface area (Å²) < 4.78 is 5.19. The van der Waals surface area contributed by atoms with E-state index in [1.54, 1.807) is 19.1 Å². The maximum atomic E-state index is 11.5. The molecule has 0 atom stereocenters. The third-order valence-corrected chi connectivity index (χ3v) is 3.52. The Labute approximate surface area is 132 Å². The highest BCUT2D eigenvalue weighted by atomic mass is 16.5. The van der Waals surface area contributed by atoms with Gasteiger partial charge in [0, 0.05) is 5.57 Å². The summed E-state index contributed by atoms with van der Waals surface area (Å²) in [7, 11) is 0. The lowest BCUT2D eigenvalue weighted by Gasteiger charge is -2.07. The van der Waals surface area contributed by atoms with Gasteiger partial charge in [-0.25, -0.2) is 4.79 Å². The molecule has 2 aromatic carbocycles. The molecule has 2 aromatic rings. The molecule has 0 aromatic heterocycles. The number of ether oxygens (including phenoxy) is 1. The monoisotopic (exact) mass is 294 g/mol. The van der Waals surface area contributed by atoms with Gasteiger partial charge in [0.05, 0.1) is 0 Å². The first-order chi connectivity index (χ1) is 10.6. The van der Waals surface area contributed by atoms with E-state index in [4.69, 9.17) is 4.74 Å².